The van der Waals surface area contributed by atoms with Crippen LogP contribution >= 0.6 is 11.6 Å². The molecule has 12 heteroatoms. The second kappa shape index (κ2) is 11.6. The van der Waals surface area contributed by atoms with Crippen molar-refractivity contribution in [3.63, 3.8) is 0 Å². The number of piperazine rings is 1. The van der Waals surface area contributed by atoms with E-state index in [-0.39, 0.29) is 16.4 Å². The highest BCUT2D eigenvalue weighted by Crippen LogP contribution is 2.40. The van der Waals surface area contributed by atoms with Gasteiger partial charge in [-0.25, -0.2) is 9.67 Å². The van der Waals surface area contributed by atoms with Gasteiger partial charge in [-0.05, 0) is 61.9 Å². The fourth-order valence-corrected chi connectivity index (χ4v) is 5.84. The molecule has 0 bridgehead atoms. The number of benzene rings is 2. The highest BCUT2D eigenvalue weighted by atomic mass is 35.5. The molecular formula is C31H32ClN7O4. The Morgan fingerprint density at radius 2 is 1.70 bits per heavy atom. The molecule has 2 aromatic heterocycles. The van der Waals surface area contributed by atoms with Crippen molar-refractivity contribution in [1.29, 1.82) is 0 Å². The van der Waals surface area contributed by atoms with Crippen molar-refractivity contribution in [2.75, 3.05) is 57.7 Å². The van der Waals surface area contributed by atoms with Gasteiger partial charge >= 0.3 is 0 Å². The van der Waals surface area contributed by atoms with Crippen molar-refractivity contribution in [1.82, 2.24) is 19.7 Å². The van der Waals surface area contributed by atoms with E-state index in [4.69, 9.17) is 26.8 Å². The quantitative estimate of drug-likeness (QED) is 0.327. The van der Waals surface area contributed by atoms with Gasteiger partial charge in [0.05, 0.1) is 30.6 Å². The number of pyridine rings is 1. The van der Waals surface area contributed by atoms with Crippen molar-refractivity contribution in [3.05, 3.63) is 76.1 Å². The van der Waals surface area contributed by atoms with Gasteiger partial charge in [0.1, 0.15) is 11.5 Å². The number of nitrogens with one attached hydrogen (secondary N) is 1. The van der Waals surface area contributed by atoms with Crippen LogP contribution in [0.4, 0.5) is 11.5 Å². The highest BCUT2D eigenvalue weighted by molar-refractivity contribution is 6.34. The molecule has 0 atom stereocenters. The van der Waals surface area contributed by atoms with Gasteiger partial charge in [-0.1, -0.05) is 17.7 Å². The van der Waals surface area contributed by atoms with Crippen LogP contribution in [-0.2, 0) is 12.8 Å². The number of aryl methyl sites for hydroxylation is 1. The molecule has 0 unspecified atom stereocenters. The molecule has 2 amide bonds. The fraction of sp³-hybridized carbons (Fsp3) is 0.290. The Bertz CT molecular complexity index is 1730. The number of fused-ring (bicyclic) bond motifs is 3. The smallest absolute Gasteiger partial charge is 0.275 e. The van der Waals surface area contributed by atoms with Crippen LogP contribution in [0.3, 0.4) is 0 Å². The zero-order valence-corrected chi connectivity index (χ0v) is 24.9. The van der Waals surface area contributed by atoms with E-state index in [0.29, 0.717) is 35.7 Å². The predicted octanol–water partition coefficient (Wildman–Crippen LogP) is 3.81. The maximum atomic E-state index is 13.5. The Labute approximate surface area is 254 Å². The highest BCUT2D eigenvalue weighted by Gasteiger charge is 2.29. The lowest BCUT2D eigenvalue weighted by Crippen LogP contribution is -2.44. The molecule has 1 aliphatic carbocycles. The van der Waals surface area contributed by atoms with Crippen molar-refractivity contribution >= 4 is 34.9 Å². The lowest BCUT2D eigenvalue weighted by Gasteiger charge is -2.33. The Balaban J connectivity index is 1.36. The minimum Gasteiger partial charge on any atom is -0.493 e. The molecule has 0 radical (unpaired) electrons. The zero-order valence-electron chi connectivity index (χ0n) is 24.2. The topological polar surface area (TPSA) is 128 Å². The second-order valence-corrected chi connectivity index (χ2v) is 11.0. The van der Waals surface area contributed by atoms with Crippen LogP contribution in [0.5, 0.6) is 11.5 Å². The number of carbonyl (C=O) groups is 2. The van der Waals surface area contributed by atoms with E-state index in [1.165, 1.54) is 0 Å². The molecule has 6 rings (SSSR count). The normalized spacial score (nSPS) is 14.6. The van der Waals surface area contributed by atoms with Crippen LogP contribution in [0.1, 0.15) is 32.1 Å². The first kappa shape index (κ1) is 28.5. The molecule has 1 aliphatic heterocycles. The van der Waals surface area contributed by atoms with Crippen molar-refractivity contribution in [2.24, 2.45) is 5.73 Å². The summed E-state index contributed by atoms with van der Waals surface area (Å²) in [6.45, 7) is 3.47. The number of amides is 2. The molecule has 1 saturated heterocycles. The molecule has 11 nitrogen and oxygen atoms in total. The van der Waals surface area contributed by atoms with E-state index in [1.54, 1.807) is 37.1 Å². The molecule has 2 aliphatic rings. The van der Waals surface area contributed by atoms with Crippen molar-refractivity contribution in [2.45, 2.75) is 12.8 Å². The monoisotopic (exact) mass is 601 g/mol. The lowest BCUT2D eigenvalue weighted by molar-refractivity contribution is 0.0991. The molecule has 1 fully saturated rings. The van der Waals surface area contributed by atoms with Gasteiger partial charge in [0, 0.05) is 49.1 Å². The summed E-state index contributed by atoms with van der Waals surface area (Å²) in [5.74, 6) is 0.782. The second-order valence-electron chi connectivity index (χ2n) is 10.6. The fourth-order valence-electron chi connectivity index (χ4n) is 5.65. The molecule has 43 heavy (non-hydrogen) atoms. The van der Waals surface area contributed by atoms with Crippen LogP contribution < -0.4 is 25.4 Å². The Morgan fingerprint density at radius 1 is 0.930 bits per heavy atom. The average molecular weight is 602 g/mol. The number of rotatable bonds is 7. The minimum absolute atomic E-state index is 0.155. The van der Waals surface area contributed by atoms with E-state index in [2.05, 4.69) is 32.2 Å². The number of hydrogen-bond acceptors (Lipinski definition) is 8. The first-order chi connectivity index (χ1) is 20.8. The van der Waals surface area contributed by atoms with E-state index in [0.717, 1.165) is 54.4 Å². The summed E-state index contributed by atoms with van der Waals surface area (Å²) >= 11 is 6.44. The van der Waals surface area contributed by atoms with E-state index in [1.807, 2.05) is 30.3 Å². The van der Waals surface area contributed by atoms with Crippen LogP contribution in [0.15, 0.2) is 48.5 Å². The number of nitrogens with zero attached hydrogens (tertiary/aromatic N) is 5. The van der Waals surface area contributed by atoms with Gasteiger partial charge < -0.3 is 30.3 Å². The van der Waals surface area contributed by atoms with Gasteiger partial charge in [-0.3, -0.25) is 9.59 Å². The minimum atomic E-state index is -0.607. The summed E-state index contributed by atoms with van der Waals surface area (Å²) in [6.07, 6.45) is 1.28. The summed E-state index contributed by atoms with van der Waals surface area (Å²) in [6, 6.07) is 14.7. The molecule has 3 N–H and O–H groups in total. The molecular weight excluding hydrogens is 570 g/mol. The van der Waals surface area contributed by atoms with Crippen LogP contribution in [0, 0.1) is 0 Å². The summed E-state index contributed by atoms with van der Waals surface area (Å²) in [5.41, 5.74) is 10.7. The largest absolute Gasteiger partial charge is 0.493 e. The van der Waals surface area contributed by atoms with Gasteiger partial charge in [0.15, 0.2) is 17.2 Å². The lowest BCUT2D eigenvalue weighted by atomic mass is 9.88. The number of ether oxygens (including phenoxy) is 2. The SMILES string of the molecule is COc1ccc(-n2nc(C(N)=O)c3c2-c2cc(NC(=O)c4nc(N5CCN(C)CC5)ccc4Cl)ccc2CC3)cc1OC. The number of halogens is 1. The number of hydrogen-bond donors (Lipinski definition) is 2. The van der Waals surface area contributed by atoms with E-state index >= 15 is 0 Å². The zero-order chi connectivity index (χ0) is 30.2. The van der Waals surface area contributed by atoms with Gasteiger partial charge in [0.2, 0.25) is 0 Å². The third-order valence-electron chi connectivity index (χ3n) is 7.97. The van der Waals surface area contributed by atoms with Gasteiger partial charge in [0.25, 0.3) is 11.8 Å². The predicted molar refractivity (Wildman–Crippen MR) is 165 cm³/mol. The number of anilines is 2. The number of nitrogens with two attached hydrogens (primary N) is 1. The van der Waals surface area contributed by atoms with Gasteiger partial charge in [-0.15, -0.1) is 0 Å². The Kier molecular flexibility index (Phi) is 7.68. The summed E-state index contributed by atoms with van der Waals surface area (Å²) in [7, 11) is 5.21. The van der Waals surface area contributed by atoms with E-state index < -0.39 is 11.8 Å². The maximum Gasteiger partial charge on any atom is 0.275 e. The average Bonchev–Trinajstić information content (AvgIpc) is 3.42. The first-order valence-corrected chi connectivity index (χ1v) is 14.3. The van der Waals surface area contributed by atoms with Crippen LogP contribution in [0.2, 0.25) is 5.02 Å². The Morgan fingerprint density at radius 3 is 2.42 bits per heavy atom. The van der Waals surface area contributed by atoms with Crippen molar-refractivity contribution in [3.8, 4) is 28.4 Å². The van der Waals surface area contributed by atoms with E-state index in [9.17, 15) is 9.59 Å². The van der Waals surface area contributed by atoms with Gasteiger partial charge in [-0.2, -0.15) is 5.10 Å². The molecule has 3 heterocycles. The molecule has 2 aromatic carbocycles. The number of methoxy groups -OCH3 is 2. The maximum absolute atomic E-state index is 13.5. The Hall–Kier alpha value is -4.61. The summed E-state index contributed by atoms with van der Waals surface area (Å²) in [5, 5.41) is 7.86. The van der Waals surface area contributed by atoms with Crippen LogP contribution in [-0.4, -0.2) is 78.9 Å². The third kappa shape index (κ3) is 5.37. The van der Waals surface area contributed by atoms with Crippen LogP contribution in [0.25, 0.3) is 16.9 Å². The molecule has 0 saturated carbocycles. The standard InChI is InChI=1S/C31H32ClN7O4/c1-37-12-14-38(15-13-37)26-11-9-23(32)28(35-26)31(41)34-19-6-4-18-5-8-21-27(30(33)40)36-39(29(21)22(18)16-19)20-7-10-24(42-2)25(17-20)43-3/h4,6-7,9-11,16-17H,5,8,12-15H2,1-3H3,(H2,33,40)(H,34,41). The van der Waals surface area contributed by atoms with Crippen molar-refractivity contribution < 1.29 is 19.1 Å². The molecule has 4 aromatic rings. The number of carbonyl (C=O) groups excluding carboxylic acids is 2. The first-order valence-electron chi connectivity index (χ1n) is 14.0. The molecule has 222 valence electrons. The number of aromatic nitrogens is 3. The number of primary amides is 1. The third-order valence-corrected chi connectivity index (χ3v) is 8.27. The summed E-state index contributed by atoms with van der Waals surface area (Å²) < 4.78 is 12.6. The summed E-state index contributed by atoms with van der Waals surface area (Å²) in [4.78, 5) is 34.9. The number of likely N-dealkylation sites (N-methyl/N-ethyl adjacent to an activating group) is 1. The molecule has 0 spiro atoms.